The zero-order chi connectivity index (χ0) is 16.1. The lowest BCUT2D eigenvalue weighted by atomic mass is 9.90. The van der Waals surface area contributed by atoms with E-state index in [4.69, 9.17) is 4.74 Å². The van der Waals surface area contributed by atoms with Crippen LogP contribution < -0.4 is 0 Å². The molecule has 0 saturated carbocycles. The molecule has 0 N–H and O–H groups in total. The van der Waals surface area contributed by atoms with Gasteiger partial charge in [0, 0.05) is 11.6 Å². The van der Waals surface area contributed by atoms with E-state index in [1.54, 1.807) is 56.3 Å². The highest BCUT2D eigenvalue weighted by Gasteiger charge is 2.30. The van der Waals surface area contributed by atoms with Crippen LogP contribution in [0.4, 0.5) is 5.69 Å². The predicted octanol–water partition coefficient (Wildman–Crippen LogP) is 3.68. The number of hydrogen-bond acceptors (Lipinski definition) is 4. The first-order valence-electron chi connectivity index (χ1n) is 6.99. The molecule has 0 aromatic heterocycles. The standard InChI is InChI=1S/C17H17NO4/c1-12(2)22-17(19)16(13-8-4-3-5-9-13)14-10-6-7-11-15(14)18(20)21/h3-12,16H,1-2H3. The maximum Gasteiger partial charge on any atom is 0.318 e. The van der Waals surface area contributed by atoms with Crippen molar-refractivity contribution >= 4 is 11.7 Å². The summed E-state index contributed by atoms with van der Waals surface area (Å²) in [6, 6.07) is 15.2. The Labute approximate surface area is 128 Å². The molecule has 1 unspecified atom stereocenters. The van der Waals surface area contributed by atoms with E-state index in [1.165, 1.54) is 6.07 Å². The molecule has 0 saturated heterocycles. The normalized spacial score (nSPS) is 12.0. The number of nitrogens with zero attached hydrogens (tertiary/aromatic N) is 1. The lowest BCUT2D eigenvalue weighted by Crippen LogP contribution is -2.21. The van der Waals surface area contributed by atoms with Gasteiger partial charge in [0.2, 0.25) is 0 Å². The van der Waals surface area contributed by atoms with E-state index < -0.39 is 16.8 Å². The van der Waals surface area contributed by atoms with Gasteiger partial charge in [0.05, 0.1) is 11.0 Å². The molecule has 0 fully saturated rings. The second kappa shape index (κ2) is 6.85. The van der Waals surface area contributed by atoms with Gasteiger partial charge in [0.25, 0.3) is 5.69 Å². The van der Waals surface area contributed by atoms with Crippen molar-refractivity contribution in [3.05, 3.63) is 75.8 Å². The van der Waals surface area contributed by atoms with Crippen LogP contribution in [-0.2, 0) is 9.53 Å². The molecule has 0 aliphatic rings. The highest BCUT2D eigenvalue weighted by atomic mass is 16.6. The lowest BCUT2D eigenvalue weighted by Gasteiger charge is -2.18. The second-order valence-corrected chi connectivity index (χ2v) is 5.15. The molecule has 5 nitrogen and oxygen atoms in total. The fourth-order valence-corrected chi connectivity index (χ4v) is 2.29. The highest BCUT2D eigenvalue weighted by Crippen LogP contribution is 2.32. The van der Waals surface area contributed by atoms with Crippen molar-refractivity contribution in [2.24, 2.45) is 0 Å². The summed E-state index contributed by atoms with van der Waals surface area (Å²) in [4.78, 5) is 23.3. The van der Waals surface area contributed by atoms with Gasteiger partial charge in [0.15, 0.2) is 0 Å². The molecule has 0 amide bonds. The average Bonchev–Trinajstić information content (AvgIpc) is 2.48. The highest BCUT2D eigenvalue weighted by molar-refractivity contribution is 5.83. The minimum atomic E-state index is -0.815. The Morgan fingerprint density at radius 2 is 1.64 bits per heavy atom. The van der Waals surface area contributed by atoms with E-state index in [0.717, 1.165) is 0 Å². The molecule has 0 radical (unpaired) electrons. The number of hydrogen-bond donors (Lipinski definition) is 0. The maximum atomic E-state index is 12.5. The van der Waals surface area contributed by atoms with Gasteiger partial charge in [-0.2, -0.15) is 0 Å². The van der Waals surface area contributed by atoms with Crippen molar-refractivity contribution in [1.29, 1.82) is 0 Å². The lowest BCUT2D eigenvalue weighted by molar-refractivity contribution is -0.385. The molecule has 0 aliphatic heterocycles. The number of carbonyl (C=O) groups excluding carboxylic acids is 1. The van der Waals surface area contributed by atoms with Crippen LogP contribution in [0.3, 0.4) is 0 Å². The van der Waals surface area contributed by atoms with Gasteiger partial charge in [-0.05, 0) is 19.4 Å². The van der Waals surface area contributed by atoms with Gasteiger partial charge < -0.3 is 4.74 Å². The monoisotopic (exact) mass is 299 g/mol. The molecule has 0 aliphatic carbocycles. The van der Waals surface area contributed by atoms with Crippen molar-refractivity contribution in [2.45, 2.75) is 25.9 Å². The van der Waals surface area contributed by atoms with Crippen molar-refractivity contribution < 1.29 is 14.5 Å². The molecule has 2 aromatic carbocycles. The van der Waals surface area contributed by atoms with E-state index in [1.807, 2.05) is 6.07 Å². The van der Waals surface area contributed by atoms with Gasteiger partial charge in [-0.3, -0.25) is 14.9 Å². The fraction of sp³-hybridized carbons (Fsp3) is 0.235. The summed E-state index contributed by atoms with van der Waals surface area (Å²) in [6.45, 7) is 3.50. The first kappa shape index (κ1) is 15.7. The summed E-state index contributed by atoms with van der Waals surface area (Å²) < 4.78 is 5.29. The van der Waals surface area contributed by atoms with E-state index in [2.05, 4.69) is 0 Å². The number of ether oxygens (including phenoxy) is 1. The summed E-state index contributed by atoms with van der Waals surface area (Å²) >= 11 is 0. The molecule has 0 heterocycles. The van der Waals surface area contributed by atoms with Crippen LogP contribution in [0.5, 0.6) is 0 Å². The quantitative estimate of drug-likeness (QED) is 0.480. The van der Waals surface area contributed by atoms with E-state index in [-0.39, 0.29) is 11.8 Å². The van der Waals surface area contributed by atoms with Gasteiger partial charge >= 0.3 is 5.97 Å². The molecule has 2 rings (SSSR count). The Balaban J connectivity index is 2.54. The molecule has 5 heteroatoms. The molecule has 0 spiro atoms. The Kier molecular flexibility index (Phi) is 4.88. The Morgan fingerprint density at radius 1 is 1.05 bits per heavy atom. The zero-order valence-corrected chi connectivity index (χ0v) is 12.4. The van der Waals surface area contributed by atoms with Crippen LogP contribution in [0.15, 0.2) is 54.6 Å². The summed E-state index contributed by atoms with van der Waals surface area (Å²) in [5, 5.41) is 11.3. The second-order valence-electron chi connectivity index (χ2n) is 5.15. The van der Waals surface area contributed by atoms with Crippen molar-refractivity contribution in [3.63, 3.8) is 0 Å². The van der Waals surface area contributed by atoms with Crippen molar-refractivity contribution in [1.82, 2.24) is 0 Å². The van der Waals surface area contributed by atoms with Gasteiger partial charge in [-0.1, -0.05) is 48.5 Å². The van der Waals surface area contributed by atoms with E-state index in [0.29, 0.717) is 11.1 Å². The molecule has 2 aromatic rings. The number of nitro benzene ring substituents is 1. The SMILES string of the molecule is CC(C)OC(=O)C(c1ccccc1)c1ccccc1[N+](=O)[O-]. The molecular formula is C17H17NO4. The summed E-state index contributed by atoms with van der Waals surface area (Å²) in [5.74, 6) is -1.30. The molecule has 22 heavy (non-hydrogen) atoms. The van der Waals surface area contributed by atoms with Crippen LogP contribution >= 0.6 is 0 Å². The number of esters is 1. The molecule has 0 bridgehead atoms. The predicted molar refractivity (Wildman–Crippen MR) is 82.6 cm³/mol. The number of carbonyl (C=O) groups is 1. The summed E-state index contributed by atoms with van der Waals surface area (Å²) in [5.41, 5.74) is 0.920. The largest absolute Gasteiger partial charge is 0.462 e. The third-order valence-electron chi connectivity index (χ3n) is 3.16. The minimum absolute atomic E-state index is 0.0861. The van der Waals surface area contributed by atoms with Crippen molar-refractivity contribution in [2.75, 3.05) is 0 Å². The van der Waals surface area contributed by atoms with Gasteiger partial charge in [-0.15, -0.1) is 0 Å². The number of nitro groups is 1. The molecular weight excluding hydrogens is 282 g/mol. The van der Waals surface area contributed by atoms with Crippen LogP contribution in [-0.4, -0.2) is 17.0 Å². The Hall–Kier alpha value is -2.69. The smallest absolute Gasteiger partial charge is 0.318 e. The molecule has 1 atom stereocenters. The van der Waals surface area contributed by atoms with E-state index in [9.17, 15) is 14.9 Å². The Bertz CT molecular complexity index is 667. The zero-order valence-electron chi connectivity index (χ0n) is 12.4. The fourth-order valence-electron chi connectivity index (χ4n) is 2.29. The summed E-state index contributed by atoms with van der Waals surface area (Å²) in [6.07, 6.45) is -0.290. The topological polar surface area (TPSA) is 69.4 Å². The maximum absolute atomic E-state index is 12.5. The number of para-hydroxylation sites is 1. The minimum Gasteiger partial charge on any atom is -0.462 e. The third-order valence-corrected chi connectivity index (χ3v) is 3.16. The van der Waals surface area contributed by atoms with Gasteiger partial charge in [-0.25, -0.2) is 0 Å². The van der Waals surface area contributed by atoms with E-state index >= 15 is 0 Å². The van der Waals surface area contributed by atoms with Crippen LogP contribution in [0.1, 0.15) is 30.9 Å². The summed E-state index contributed by atoms with van der Waals surface area (Å²) in [7, 11) is 0. The van der Waals surface area contributed by atoms with Crippen molar-refractivity contribution in [3.8, 4) is 0 Å². The number of rotatable bonds is 5. The first-order chi connectivity index (χ1) is 10.5. The number of benzene rings is 2. The van der Waals surface area contributed by atoms with Crippen LogP contribution in [0.25, 0.3) is 0 Å². The van der Waals surface area contributed by atoms with Crippen LogP contribution in [0.2, 0.25) is 0 Å². The Morgan fingerprint density at radius 3 is 2.23 bits per heavy atom. The van der Waals surface area contributed by atoms with Crippen LogP contribution in [0, 0.1) is 10.1 Å². The first-order valence-corrected chi connectivity index (χ1v) is 6.99. The van der Waals surface area contributed by atoms with Gasteiger partial charge in [0.1, 0.15) is 5.92 Å². The third kappa shape index (κ3) is 3.49. The molecule has 114 valence electrons. The average molecular weight is 299 g/mol.